The van der Waals surface area contributed by atoms with E-state index in [-0.39, 0.29) is 0 Å². The van der Waals surface area contributed by atoms with E-state index in [1.54, 1.807) is 0 Å². The van der Waals surface area contributed by atoms with Gasteiger partial charge in [0.2, 0.25) is 0 Å². The van der Waals surface area contributed by atoms with Gasteiger partial charge in [-0.15, -0.1) is 0 Å². The quantitative estimate of drug-likeness (QED) is 0.664. The molecule has 0 saturated heterocycles. The second kappa shape index (κ2) is 6.39. The van der Waals surface area contributed by atoms with Crippen LogP contribution in [0.5, 0.6) is 0 Å². The maximum absolute atomic E-state index is 5.34. The molecular formula is C11H23NO. The van der Waals surface area contributed by atoms with Gasteiger partial charge in [-0.05, 0) is 38.6 Å². The van der Waals surface area contributed by atoms with Crippen molar-refractivity contribution in [3.05, 3.63) is 0 Å². The molecule has 0 aromatic carbocycles. The van der Waals surface area contributed by atoms with E-state index in [1.165, 1.54) is 45.1 Å². The van der Waals surface area contributed by atoms with Gasteiger partial charge in [-0.2, -0.15) is 0 Å². The summed E-state index contributed by atoms with van der Waals surface area (Å²) in [6, 6.07) is 0.762. The molecule has 1 fully saturated rings. The van der Waals surface area contributed by atoms with Crippen molar-refractivity contribution in [3.8, 4) is 0 Å². The molecule has 78 valence electrons. The average Bonchev–Trinajstić information content (AvgIpc) is 2.19. The Labute approximate surface area is 82.0 Å². The van der Waals surface area contributed by atoms with Gasteiger partial charge in [0.15, 0.2) is 0 Å². The molecule has 0 unspecified atom stereocenters. The molecule has 0 aliphatic heterocycles. The third kappa shape index (κ3) is 4.10. The predicted molar refractivity (Wildman–Crippen MR) is 56.0 cm³/mol. The van der Waals surface area contributed by atoms with Gasteiger partial charge < -0.3 is 10.1 Å². The summed E-state index contributed by atoms with van der Waals surface area (Å²) < 4.78 is 5.34. The standard InChI is InChI=1S/C11H23NO/c1-3-4-9-12-10-5-7-11(13-2)8-6-10/h10-12H,3-9H2,1-2H3. The van der Waals surface area contributed by atoms with Crippen molar-refractivity contribution >= 4 is 0 Å². The third-order valence-corrected chi connectivity index (χ3v) is 2.97. The molecule has 0 bridgehead atoms. The number of nitrogens with one attached hydrogen (secondary N) is 1. The summed E-state index contributed by atoms with van der Waals surface area (Å²) in [7, 11) is 1.83. The molecule has 1 aliphatic rings. The van der Waals surface area contributed by atoms with Crippen LogP contribution in [0.15, 0.2) is 0 Å². The fourth-order valence-electron chi connectivity index (χ4n) is 1.99. The van der Waals surface area contributed by atoms with E-state index in [2.05, 4.69) is 12.2 Å². The van der Waals surface area contributed by atoms with Crippen molar-refractivity contribution in [1.82, 2.24) is 5.32 Å². The van der Waals surface area contributed by atoms with E-state index in [0.717, 1.165) is 6.04 Å². The zero-order chi connectivity index (χ0) is 9.52. The Bertz CT molecular complexity index is 117. The van der Waals surface area contributed by atoms with Crippen LogP contribution in [0.1, 0.15) is 45.4 Å². The zero-order valence-electron chi connectivity index (χ0n) is 9.01. The largest absolute Gasteiger partial charge is 0.381 e. The Hall–Kier alpha value is -0.0800. The number of rotatable bonds is 5. The van der Waals surface area contributed by atoms with Crippen LogP contribution in [0, 0.1) is 0 Å². The lowest BCUT2D eigenvalue weighted by molar-refractivity contribution is 0.0626. The maximum Gasteiger partial charge on any atom is 0.0572 e. The summed E-state index contributed by atoms with van der Waals surface area (Å²) >= 11 is 0. The minimum absolute atomic E-state index is 0.532. The van der Waals surface area contributed by atoms with E-state index in [9.17, 15) is 0 Å². The molecule has 0 aromatic rings. The Morgan fingerprint density at radius 3 is 2.46 bits per heavy atom. The van der Waals surface area contributed by atoms with E-state index in [0.29, 0.717) is 6.10 Å². The van der Waals surface area contributed by atoms with Crippen molar-refractivity contribution in [2.75, 3.05) is 13.7 Å². The smallest absolute Gasteiger partial charge is 0.0572 e. The molecular weight excluding hydrogens is 162 g/mol. The van der Waals surface area contributed by atoms with E-state index < -0.39 is 0 Å². The minimum atomic E-state index is 0.532. The van der Waals surface area contributed by atoms with Crippen LogP contribution in [0.4, 0.5) is 0 Å². The van der Waals surface area contributed by atoms with Crippen LogP contribution in [0.3, 0.4) is 0 Å². The molecule has 1 N–H and O–H groups in total. The third-order valence-electron chi connectivity index (χ3n) is 2.97. The molecule has 0 radical (unpaired) electrons. The minimum Gasteiger partial charge on any atom is -0.381 e. The first kappa shape index (κ1) is 11.0. The molecule has 0 atom stereocenters. The molecule has 13 heavy (non-hydrogen) atoms. The van der Waals surface area contributed by atoms with Crippen LogP contribution in [-0.4, -0.2) is 25.8 Å². The normalized spacial score (nSPS) is 29.1. The predicted octanol–water partition coefficient (Wildman–Crippen LogP) is 2.33. The van der Waals surface area contributed by atoms with Crippen molar-refractivity contribution in [3.63, 3.8) is 0 Å². The molecule has 0 aromatic heterocycles. The number of methoxy groups -OCH3 is 1. The first-order chi connectivity index (χ1) is 6.36. The molecule has 1 rings (SSSR count). The van der Waals surface area contributed by atoms with Gasteiger partial charge in [0, 0.05) is 13.2 Å². The number of hydrogen-bond acceptors (Lipinski definition) is 2. The molecule has 2 heteroatoms. The topological polar surface area (TPSA) is 21.3 Å². The Morgan fingerprint density at radius 1 is 1.23 bits per heavy atom. The molecule has 0 heterocycles. The van der Waals surface area contributed by atoms with E-state index >= 15 is 0 Å². The van der Waals surface area contributed by atoms with Gasteiger partial charge in [-0.25, -0.2) is 0 Å². The molecule has 1 aliphatic carbocycles. The summed E-state index contributed by atoms with van der Waals surface area (Å²) in [5.41, 5.74) is 0. The second-order valence-corrected chi connectivity index (χ2v) is 4.02. The van der Waals surface area contributed by atoms with Gasteiger partial charge >= 0.3 is 0 Å². The molecule has 2 nitrogen and oxygen atoms in total. The Balaban J connectivity index is 2.03. The van der Waals surface area contributed by atoms with Crippen molar-refractivity contribution in [1.29, 1.82) is 0 Å². The van der Waals surface area contributed by atoms with Gasteiger partial charge in [0.05, 0.1) is 6.10 Å². The van der Waals surface area contributed by atoms with Gasteiger partial charge in [0.25, 0.3) is 0 Å². The second-order valence-electron chi connectivity index (χ2n) is 4.02. The highest BCUT2D eigenvalue weighted by Crippen LogP contribution is 2.20. The highest BCUT2D eigenvalue weighted by atomic mass is 16.5. The van der Waals surface area contributed by atoms with Crippen LogP contribution in [0.2, 0.25) is 0 Å². The lowest BCUT2D eigenvalue weighted by atomic mass is 9.93. The summed E-state index contributed by atoms with van der Waals surface area (Å²) in [5.74, 6) is 0. The highest BCUT2D eigenvalue weighted by Gasteiger charge is 2.19. The summed E-state index contributed by atoms with van der Waals surface area (Å²) in [6.45, 7) is 3.43. The lowest BCUT2D eigenvalue weighted by Crippen LogP contribution is -2.35. The van der Waals surface area contributed by atoms with E-state index in [4.69, 9.17) is 4.74 Å². The lowest BCUT2D eigenvalue weighted by Gasteiger charge is -2.28. The monoisotopic (exact) mass is 185 g/mol. The number of ether oxygens (including phenoxy) is 1. The zero-order valence-corrected chi connectivity index (χ0v) is 9.01. The van der Waals surface area contributed by atoms with Gasteiger partial charge in [-0.3, -0.25) is 0 Å². The van der Waals surface area contributed by atoms with Gasteiger partial charge in [-0.1, -0.05) is 13.3 Å². The summed E-state index contributed by atoms with van der Waals surface area (Å²) in [6.07, 6.45) is 8.19. The van der Waals surface area contributed by atoms with Crippen molar-refractivity contribution < 1.29 is 4.74 Å². The number of hydrogen-bond donors (Lipinski definition) is 1. The Morgan fingerprint density at radius 2 is 1.92 bits per heavy atom. The SMILES string of the molecule is CCCCNC1CCC(OC)CC1. The summed E-state index contributed by atoms with van der Waals surface area (Å²) in [4.78, 5) is 0. The van der Waals surface area contributed by atoms with Crippen LogP contribution < -0.4 is 5.32 Å². The Kier molecular flexibility index (Phi) is 5.40. The summed E-state index contributed by atoms with van der Waals surface area (Å²) in [5, 5.41) is 3.61. The fraction of sp³-hybridized carbons (Fsp3) is 1.00. The first-order valence-corrected chi connectivity index (χ1v) is 5.63. The van der Waals surface area contributed by atoms with Crippen LogP contribution >= 0.6 is 0 Å². The first-order valence-electron chi connectivity index (χ1n) is 5.63. The van der Waals surface area contributed by atoms with Crippen molar-refractivity contribution in [2.24, 2.45) is 0 Å². The molecule has 0 amide bonds. The average molecular weight is 185 g/mol. The van der Waals surface area contributed by atoms with Gasteiger partial charge in [0.1, 0.15) is 0 Å². The molecule has 1 saturated carbocycles. The number of unbranched alkanes of at least 4 members (excludes halogenated alkanes) is 1. The maximum atomic E-state index is 5.34. The van der Waals surface area contributed by atoms with Crippen molar-refractivity contribution in [2.45, 2.75) is 57.6 Å². The highest BCUT2D eigenvalue weighted by molar-refractivity contribution is 4.77. The van der Waals surface area contributed by atoms with Crippen LogP contribution in [0.25, 0.3) is 0 Å². The van der Waals surface area contributed by atoms with E-state index in [1.807, 2.05) is 7.11 Å². The van der Waals surface area contributed by atoms with Crippen LogP contribution in [-0.2, 0) is 4.74 Å². The fourth-order valence-corrected chi connectivity index (χ4v) is 1.99. The molecule has 0 spiro atoms.